The third-order valence-corrected chi connectivity index (χ3v) is 2.36. The van der Waals surface area contributed by atoms with Crippen LogP contribution in [0, 0.1) is 0 Å². The maximum atomic E-state index is 12.3. The topological polar surface area (TPSA) is 101 Å². The number of hydrazine groups is 1. The zero-order valence-electron chi connectivity index (χ0n) is 10.1. The van der Waals surface area contributed by atoms with E-state index in [1.54, 1.807) is 0 Å². The number of carboxylic acids is 1. The fourth-order valence-corrected chi connectivity index (χ4v) is 1.29. The summed E-state index contributed by atoms with van der Waals surface area (Å²) in [5.74, 6) is 3.74. The summed E-state index contributed by atoms with van der Waals surface area (Å²) in [5.41, 5.74) is 6.45. The number of aliphatic carboxylic acids is 1. The Kier molecular flexibility index (Phi) is 4.76. The van der Waals surface area contributed by atoms with Crippen molar-refractivity contribution >= 4 is 12.0 Å². The summed E-state index contributed by atoms with van der Waals surface area (Å²) >= 11 is 0. The number of alkyl halides is 3. The van der Waals surface area contributed by atoms with Crippen LogP contribution in [0.4, 0.5) is 13.2 Å². The Morgan fingerprint density at radius 2 is 1.80 bits per heavy atom. The highest BCUT2D eigenvalue weighted by molar-refractivity contribution is 5.87. The SMILES string of the molecule is NNC(/C=C/c1ccc(C(F)(F)F)cc1)=C(\N)C(=O)O. The molecular formula is C12H12F3N3O2. The molecule has 0 atom stereocenters. The molecule has 0 bridgehead atoms. The summed E-state index contributed by atoms with van der Waals surface area (Å²) < 4.78 is 37.0. The van der Waals surface area contributed by atoms with E-state index >= 15 is 0 Å². The van der Waals surface area contributed by atoms with Gasteiger partial charge in [-0.05, 0) is 23.8 Å². The Morgan fingerprint density at radius 1 is 1.25 bits per heavy atom. The molecule has 0 aliphatic rings. The van der Waals surface area contributed by atoms with Gasteiger partial charge in [-0.25, -0.2) is 4.79 Å². The average molecular weight is 287 g/mol. The van der Waals surface area contributed by atoms with Crippen LogP contribution in [0.5, 0.6) is 0 Å². The lowest BCUT2D eigenvalue weighted by Gasteiger charge is -2.06. The van der Waals surface area contributed by atoms with Crippen LogP contribution in [0.3, 0.4) is 0 Å². The van der Waals surface area contributed by atoms with Crippen molar-refractivity contribution in [3.05, 3.63) is 52.9 Å². The summed E-state index contributed by atoms with van der Waals surface area (Å²) in [7, 11) is 0. The third-order valence-electron chi connectivity index (χ3n) is 2.36. The molecule has 0 aliphatic carbocycles. The first-order valence-corrected chi connectivity index (χ1v) is 5.30. The molecule has 6 N–H and O–H groups in total. The fourth-order valence-electron chi connectivity index (χ4n) is 1.29. The lowest BCUT2D eigenvalue weighted by molar-refractivity contribution is -0.137. The number of rotatable bonds is 4. The Labute approximate surface area is 112 Å². The first-order chi connectivity index (χ1) is 9.25. The van der Waals surface area contributed by atoms with E-state index in [0.29, 0.717) is 5.56 Å². The van der Waals surface area contributed by atoms with Gasteiger partial charge >= 0.3 is 12.1 Å². The van der Waals surface area contributed by atoms with Gasteiger partial charge in [0.15, 0.2) is 0 Å². The molecule has 8 heteroatoms. The zero-order valence-corrected chi connectivity index (χ0v) is 10.1. The fraction of sp³-hybridized carbons (Fsp3) is 0.0833. The monoisotopic (exact) mass is 287 g/mol. The summed E-state index contributed by atoms with van der Waals surface area (Å²) in [6.07, 6.45) is -1.77. The van der Waals surface area contributed by atoms with Crippen molar-refractivity contribution in [2.75, 3.05) is 0 Å². The second-order valence-electron chi connectivity index (χ2n) is 3.73. The first kappa shape index (κ1) is 15.6. The van der Waals surface area contributed by atoms with Gasteiger partial charge in [0.25, 0.3) is 0 Å². The van der Waals surface area contributed by atoms with Crippen molar-refractivity contribution in [1.82, 2.24) is 5.43 Å². The molecule has 0 saturated carbocycles. The van der Waals surface area contributed by atoms with E-state index in [4.69, 9.17) is 16.7 Å². The van der Waals surface area contributed by atoms with E-state index in [-0.39, 0.29) is 5.70 Å². The molecule has 0 aliphatic heterocycles. The van der Waals surface area contributed by atoms with Gasteiger partial charge in [-0.2, -0.15) is 13.2 Å². The molecule has 5 nitrogen and oxygen atoms in total. The van der Waals surface area contributed by atoms with E-state index in [1.807, 2.05) is 0 Å². The molecule has 108 valence electrons. The van der Waals surface area contributed by atoms with Gasteiger partial charge in [0.2, 0.25) is 0 Å². The molecule has 1 aromatic rings. The smallest absolute Gasteiger partial charge is 0.416 e. The maximum Gasteiger partial charge on any atom is 0.416 e. The Morgan fingerprint density at radius 3 is 2.20 bits per heavy atom. The van der Waals surface area contributed by atoms with Crippen LogP contribution in [-0.4, -0.2) is 11.1 Å². The molecule has 0 spiro atoms. The van der Waals surface area contributed by atoms with Crippen LogP contribution in [0.1, 0.15) is 11.1 Å². The second-order valence-corrected chi connectivity index (χ2v) is 3.73. The minimum absolute atomic E-state index is 0.0580. The van der Waals surface area contributed by atoms with E-state index in [2.05, 4.69) is 5.43 Å². The molecular weight excluding hydrogens is 275 g/mol. The number of hydrogen-bond acceptors (Lipinski definition) is 4. The molecule has 1 aromatic carbocycles. The Bertz CT molecular complexity index is 548. The van der Waals surface area contributed by atoms with Gasteiger partial charge in [0.05, 0.1) is 11.3 Å². The van der Waals surface area contributed by atoms with Gasteiger partial charge in [-0.15, -0.1) is 0 Å². The van der Waals surface area contributed by atoms with Gasteiger partial charge in [-0.3, -0.25) is 5.84 Å². The quantitative estimate of drug-likeness (QED) is 0.290. The van der Waals surface area contributed by atoms with Crippen molar-refractivity contribution in [1.29, 1.82) is 0 Å². The second kappa shape index (κ2) is 6.11. The largest absolute Gasteiger partial charge is 0.477 e. The molecule has 20 heavy (non-hydrogen) atoms. The van der Waals surface area contributed by atoms with Crippen LogP contribution in [0.15, 0.2) is 41.7 Å². The van der Waals surface area contributed by atoms with Gasteiger partial charge in [-0.1, -0.05) is 18.2 Å². The van der Waals surface area contributed by atoms with Crippen molar-refractivity contribution in [3.8, 4) is 0 Å². The molecule has 0 heterocycles. The van der Waals surface area contributed by atoms with E-state index in [9.17, 15) is 18.0 Å². The predicted octanol–water partition coefficient (Wildman–Crippen LogP) is 1.44. The van der Waals surface area contributed by atoms with Crippen molar-refractivity contribution in [2.24, 2.45) is 11.6 Å². The molecule has 0 fully saturated rings. The molecule has 0 saturated heterocycles. The average Bonchev–Trinajstić information content (AvgIpc) is 2.38. The highest BCUT2D eigenvalue weighted by atomic mass is 19.4. The molecule has 1 rings (SSSR count). The van der Waals surface area contributed by atoms with Gasteiger partial charge in [0, 0.05) is 0 Å². The van der Waals surface area contributed by atoms with E-state index < -0.39 is 23.4 Å². The summed E-state index contributed by atoms with van der Waals surface area (Å²) in [6, 6.07) is 4.31. The van der Waals surface area contributed by atoms with Crippen LogP contribution in [0.25, 0.3) is 6.08 Å². The summed E-state index contributed by atoms with van der Waals surface area (Å²) in [4.78, 5) is 10.6. The maximum absolute atomic E-state index is 12.3. The number of carbonyl (C=O) groups is 1. The summed E-state index contributed by atoms with van der Waals surface area (Å²) in [5, 5.41) is 8.67. The molecule has 0 radical (unpaired) electrons. The zero-order chi connectivity index (χ0) is 15.3. The van der Waals surface area contributed by atoms with Crippen molar-refractivity contribution < 1.29 is 23.1 Å². The summed E-state index contributed by atoms with van der Waals surface area (Å²) in [6.45, 7) is 0. The van der Waals surface area contributed by atoms with Crippen molar-refractivity contribution in [2.45, 2.75) is 6.18 Å². The minimum Gasteiger partial charge on any atom is -0.477 e. The predicted molar refractivity (Wildman–Crippen MR) is 66.7 cm³/mol. The van der Waals surface area contributed by atoms with Crippen LogP contribution >= 0.6 is 0 Å². The molecule has 0 amide bonds. The highest BCUT2D eigenvalue weighted by Gasteiger charge is 2.29. The molecule has 0 unspecified atom stereocenters. The Hall–Kier alpha value is -2.48. The number of benzene rings is 1. The lowest BCUT2D eigenvalue weighted by Crippen LogP contribution is -2.26. The first-order valence-electron chi connectivity index (χ1n) is 5.30. The van der Waals surface area contributed by atoms with E-state index in [1.165, 1.54) is 24.3 Å². The van der Waals surface area contributed by atoms with Crippen molar-refractivity contribution in [3.63, 3.8) is 0 Å². The number of hydrogen-bond donors (Lipinski definition) is 4. The van der Waals surface area contributed by atoms with Crippen LogP contribution in [-0.2, 0) is 11.0 Å². The van der Waals surface area contributed by atoms with Gasteiger partial charge < -0.3 is 16.3 Å². The molecule has 0 aromatic heterocycles. The third kappa shape index (κ3) is 4.02. The lowest BCUT2D eigenvalue weighted by atomic mass is 10.1. The van der Waals surface area contributed by atoms with Gasteiger partial charge in [0.1, 0.15) is 5.70 Å². The highest BCUT2D eigenvalue weighted by Crippen LogP contribution is 2.29. The Balaban J connectivity index is 2.96. The number of carboxylic acid groups (broad SMARTS) is 1. The number of allylic oxidation sites excluding steroid dienone is 1. The van der Waals surface area contributed by atoms with E-state index in [0.717, 1.165) is 12.1 Å². The van der Waals surface area contributed by atoms with Crippen LogP contribution in [0.2, 0.25) is 0 Å². The standard InChI is InChI=1S/C12H12F3N3O2/c13-12(14,15)8-4-1-7(2-5-8)3-6-9(18-17)10(16)11(19)20/h1-6,18H,16-17H2,(H,19,20)/b6-3+,10-9-. The normalized spacial score (nSPS) is 13.2. The van der Waals surface area contributed by atoms with Crippen LogP contribution < -0.4 is 17.0 Å². The number of halogens is 3. The number of nitrogens with two attached hydrogens (primary N) is 2. The number of nitrogens with one attached hydrogen (secondary N) is 1. The minimum atomic E-state index is -4.40.